The van der Waals surface area contributed by atoms with Gasteiger partial charge in [-0.15, -0.1) is 11.3 Å². The van der Waals surface area contributed by atoms with Gasteiger partial charge in [-0.2, -0.15) is 0 Å². The van der Waals surface area contributed by atoms with Crippen LogP contribution in [0.4, 0.5) is 5.13 Å². The monoisotopic (exact) mass is 256 g/mol. The molecule has 0 saturated carbocycles. The van der Waals surface area contributed by atoms with Crippen molar-refractivity contribution in [3.63, 3.8) is 0 Å². The molecule has 0 amide bonds. The van der Waals surface area contributed by atoms with Crippen LogP contribution in [0.1, 0.15) is 10.6 Å². The van der Waals surface area contributed by atoms with Gasteiger partial charge in [-0.3, -0.25) is 0 Å². The molecule has 1 aromatic heterocycles. The molecule has 17 heavy (non-hydrogen) atoms. The summed E-state index contributed by atoms with van der Waals surface area (Å²) in [5.41, 5.74) is 1.01. The molecular weight excluding hydrogens is 240 g/mol. The molecule has 1 aliphatic rings. The lowest BCUT2D eigenvalue weighted by Crippen LogP contribution is -2.50. The number of carbonyl (C=O) groups excluding carboxylic acids is 1. The Hall–Kier alpha value is -1.14. The summed E-state index contributed by atoms with van der Waals surface area (Å²) >= 11 is 1.60. The molecule has 0 N–H and O–H groups in total. The number of methoxy groups -OCH3 is 1. The van der Waals surface area contributed by atoms with Gasteiger partial charge in [-0.1, -0.05) is 0 Å². The molecule has 0 bridgehead atoms. The van der Waals surface area contributed by atoms with Crippen LogP contribution < -0.4 is 4.90 Å². The number of esters is 1. The van der Waals surface area contributed by atoms with Crippen LogP contribution >= 0.6 is 11.3 Å². The molecule has 0 spiro atoms. The van der Waals surface area contributed by atoms with Crippen molar-refractivity contribution in [3.05, 3.63) is 10.6 Å². The fourth-order valence-electron chi connectivity index (χ4n) is 1.74. The SMILES string of the molecule is COC(=O)C1COCCN1c1nc(C)c(C)s1. The van der Waals surface area contributed by atoms with Gasteiger partial charge < -0.3 is 14.4 Å². The lowest BCUT2D eigenvalue weighted by atomic mass is 10.2. The number of thiazole rings is 1. The van der Waals surface area contributed by atoms with E-state index in [0.717, 1.165) is 10.8 Å². The first kappa shape index (κ1) is 12.3. The van der Waals surface area contributed by atoms with Gasteiger partial charge in [-0.25, -0.2) is 9.78 Å². The number of nitrogens with zero attached hydrogens (tertiary/aromatic N) is 2. The van der Waals surface area contributed by atoms with Crippen molar-refractivity contribution in [3.8, 4) is 0 Å². The van der Waals surface area contributed by atoms with Crippen molar-refractivity contribution in [2.45, 2.75) is 19.9 Å². The van der Waals surface area contributed by atoms with Gasteiger partial charge in [0.25, 0.3) is 0 Å². The van der Waals surface area contributed by atoms with Gasteiger partial charge >= 0.3 is 5.97 Å². The highest BCUT2D eigenvalue weighted by Gasteiger charge is 2.32. The largest absolute Gasteiger partial charge is 0.467 e. The Balaban J connectivity index is 2.24. The first-order valence-corrected chi connectivity index (χ1v) is 6.31. The number of aromatic nitrogens is 1. The van der Waals surface area contributed by atoms with E-state index in [-0.39, 0.29) is 12.0 Å². The summed E-state index contributed by atoms with van der Waals surface area (Å²) in [6.07, 6.45) is 0. The third kappa shape index (κ3) is 2.42. The lowest BCUT2D eigenvalue weighted by Gasteiger charge is -2.33. The van der Waals surface area contributed by atoms with E-state index < -0.39 is 0 Å². The summed E-state index contributed by atoms with van der Waals surface area (Å²) < 4.78 is 10.1. The average Bonchev–Trinajstić information content (AvgIpc) is 2.68. The third-order valence-corrected chi connectivity index (χ3v) is 3.97. The summed E-state index contributed by atoms with van der Waals surface area (Å²) in [4.78, 5) is 19.3. The number of aryl methyl sites for hydroxylation is 2. The van der Waals surface area contributed by atoms with Crippen LogP contribution in [0, 0.1) is 13.8 Å². The van der Waals surface area contributed by atoms with E-state index in [0.29, 0.717) is 19.8 Å². The second-order valence-electron chi connectivity index (χ2n) is 3.95. The highest BCUT2D eigenvalue weighted by atomic mass is 32.1. The zero-order valence-corrected chi connectivity index (χ0v) is 11.0. The molecule has 0 aliphatic carbocycles. The predicted octanol–water partition coefficient (Wildman–Crippen LogP) is 1.14. The summed E-state index contributed by atoms with van der Waals surface area (Å²) in [5.74, 6) is -0.268. The Morgan fingerprint density at radius 2 is 2.35 bits per heavy atom. The van der Waals surface area contributed by atoms with Crippen LogP contribution in [0.15, 0.2) is 0 Å². The van der Waals surface area contributed by atoms with Crippen molar-refractivity contribution >= 4 is 22.4 Å². The van der Waals surface area contributed by atoms with E-state index >= 15 is 0 Å². The first-order chi connectivity index (χ1) is 8.13. The van der Waals surface area contributed by atoms with Crippen LogP contribution in [-0.4, -0.2) is 43.9 Å². The fraction of sp³-hybridized carbons (Fsp3) is 0.636. The smallest absolute Gasteiger partial charge is 0.330 e. The summed E-state index contributed by atoms with van der Waals surface area (Å²) in [6.45, 7) is 5.66. The lowest BCUT2D eigenvalue weighted by molar-refractivity contribution is -0.144. The Kier molecular flexibility index (Phi) is 3.63. The first-order valence-electron chi connectivity index (χ1n) is 5.49. The molecule has 1 atom stereocenters. The van der Waals surface area contributed by atoms with E-state index in [4.69, 9.17) is 9.47 Å². The van der Waals surface area contributed by atoms with Crippen LogP contribution in [0.2, 0.25) is 0 Å². The number of ether oxygens (including phenoxy) is 2. The van der Waals surface area contributed by atoms with Gasteiger partial charge in [-0.05, 0) is 13.8 Å². The quantitative estimate of drug-likeness (QED) is 0.743. The maximum absolute atomic E-state index is 11.7. The summed E-state index contributed by atoms with van der Waals surface area (Å²) in [6, 6.07) is -0.376. The number of hydrogen-bond acceptors (Lipinski definition) is 6. The Morgan fingerprint density at radius 3 is 2.94 bits per heavy atom. The maximum Gasteiger partial charge on any atom is 0.330 e. The van der Waals surface area contributed by atoms with Crippen LogP contribution in [0.5, 0.6) is 0 Å². The normalized spacial score (nSPS) is 20.4. The minimum atomic E-state index is -0.376. The second-order valence-corrected chi connectivity index (χ2v) is 5.13. The topological polar surface area (TPSA) is 51.7 Å². The van der Waals surface area contributed by atoms with Gasteiger partial charge in [0.15, 0.2) is 11.2 Å². The van der Waals surface area contributed by atoms with E-state index in [2.05, 4.69) is 4.98 Å². The van der Waals surface area contributed by atoms with Gasteiger partial charge in [0, 0.05) is 11.4 Å². The second kappa shape index (κ2) is 5.01. The molecule has 5 nitrogen and oxygen atoms in total. The Bertz CT molecular complexity index is 399. The standard InChI is InChI=1S/C11H16N2O3S/c1-7-8(2)17-11(12-7)13-4-5-16-6-9(13)10(14)15-3/h9H,4-6H2,1-3H3. The summed E-state index contributed by atoms with van der Waals surface area (Å²) in [5, 5.41) is 0.874. The Morgan fingerprint density at radius 1 is 1.59 bits per heavy atom. The molecule has 1 aromatic rings. The molecule has 1 aliphatic heterocycles. The van der Waals surface area contributed by atoms with Gasteiger partial charge in [0.1, 0.15) is 0 Å². The molecule has 94 valence electrons. The van der Waals surface area contributed by atoms with E-state index in [1.54, 1.807) is 11.3 Å². The Labute approximate surface area is 104 Å². The van der Waals surface area contributed by atoms with Crippen molar-refractivity contribution in [1.29, 1.82) is 0 Å². The van der Waals surface area contributed by atoms with E-state index in [1.807, 2.05) is 18.7 Å². The summed E-state index contributed by atoms with van der Waals surface area (Å²) in [7, 11) is 1.40. The highest BCUT2D eigenvalue weighted by Crippen LogP contribution is 2.28. The highest BCUT2D eigenvalue weighted by molar-refractivity contribution is 7.15. The number of anilines is 1. The zero-order valence-electron chi connectivity index (χ0n) is 10.2. The molecular formula is C11H16N2O3S. The van der Waals surface area contributed by atoms with Crippen LogP contribution in [0.25, 0.3) is 0 Å². The minimum Gasteiger partial charge on any atom is -0.467 e. The number of rotatable bonds is 2. The van der Waals surface area contributed by atoms with Gasteiger partial charge in [0.05, 0.1) is 26.0 Å². The fourth-order valence-corrected chi connectivity index (χ4v) is 2.73. The van der Waals surface area contributed by atoms with Crippen LogP contribution in [-0.2, 0) is 14.3 Å². The molecule has 2 heterocycles. The van der Waals surface area contributed by atoms with Gasteiger partial charge in [0.2, 0.25) is 0 Å². The number of morpholine rings is 1. The predicted molar refractivity (Wildman–Crippen MR) is 65.6 cm³/mol. The number of carbonyl (C=O) groups is 1. The van der Waals surface area contributed by atoms with Crippen molar-refractivity contribution < 1.29 is 14.3 Å². The van der Waals surface area contributed by atoms with Crippen molar-refractivity contribution in [2.24, 2.45) is 0 Å². The molecule has 1 unspecified atom stereocenters. The van der Waals surface area contributed by atoms with E-state index in [9.17, 15) is 4.79 Å². The van der Waals surface area contributed by atoms with E-state index in [1.165, 1.54) is 12.0 Å². The molecule has 1 saturated heterocycles. The third-order valence-electron chi connectivity index (χ3n) is 2.86. The maximum atomic E-state index is 11.7. The molecule has 2 rings (SSSR count). The zero-order chi connectivity index (χ0) is 12.4. The molecule has 6 heteroatoms. The molecule has 0 radical (unpaired) electrons. The molecule has 1 fully saturated rings. The van der Waals surface area contributed by atoms with Crippen LogP contribution in [0.3, 0.4) is 0 Å². The average molecular weight is 256 g/mol. The number of hydrogen-bond donors (Lipinski definition) is 0. The molecule has 0 aromatic carbocycles. The van der Waals surface area contributed by atoms with Crippen molar-refractivity contribution in [2.75, 3.05) is 31.8 Å². The van der Waals surface area contributed by atoms with Crippen molar-refractivity contribution in [1.82, 2.24) is 4.98 Å². The minimum absolute atomic E-state index is 0.268.